The van der Waals surface area contributed by atoms with Gasteiger partial charge in [-0.1, -0.05) is 111 Å². The Kier molecular flexibility index (Phi) is 31.3. The second-order valence-electron chi connectivity index (χ2n) is 17.6. The van der Waals surface area contributed by atoms with E-state index in [4.69, 9.17) is 21.1 Å². The van der Waals surface area contributed by atoms with E-state index in [1.165, 1.54) is 87.8 Å². The highest BCUT2D eigenvalue weighted by atomic mass is 35.5. The maximum Gasteiger partial charge on any atom is 0.161 e. The van der Waals surface area contributed by atoms with E-state index >= 15 is 0 Å². The topological polar surface area (TPSA) is 21.7 Å². The van der Waals surface area contributed by atoms with Crippen molar-refractivity contribution in [1.29, 1.82) is 0 Å². The van der Waals surface area contributed by atoms with Gasteiger partial charge in [0.25, 0.3) is 0 Å². The quantitative estimate of drug-likeness (QED) is 0.0533. The standard InChI is InChI=1S/C56H88ClNO2/c1-45(2)21-13-22-46(3)23-14-24-47(4)25-15-26-48(5)27-16-28-49(6)29-17-30-50(7)31-18-32-51(8)33-19-34-52(9)35-20-36-53(10)39-41-58(42-40-57)44-54-37-38-55(59-11)56(43-54)60-12/h21,23,25,27,29,31,33,35,37-39,43H,13-20,22,24,26,28,30,32,34,36,40-42,44H2,1-12H3/b46-23+,47-25+,48-27+,49-29+,50-31+,51-33+,52-35+,53-39+. The summed E-state index contributed by atoms with van der Waals surface area (Å²) in [7, 11) is 3.35. The van der Waals surface area contributed by atoms with Crippen LogP contribution in [0.1, 0.15) is 178 Å². The predicted octanol–water partition coefficient (Wildman–Crippen LogP) is 17.5. The first-order valence-electron chi connectivity index (χ1n) is 23.1. The molecule has 0 saturated heterocycles. The third-order valence-corrected chi connectivity index (χ3v) is 11.4. The lowest BCUT2D eigenvalue weighted by molar-refractivity contribution is 0.310. The molecule has 0 unspecified atom stereocenters. The normalized spacial score (nSPS) is 14.0. The molecular weight excluding hydrogens is 754 g/mol. The lowest BCUT2D eigenvalue weighted by Gasteiger charge is -2.21. The maximum atomic E-state index is 6.15. The summed E-state index contributed by atoms with van der Waals surface area (Å²) in [6.45, 7) is 25.2. The zero-order chi connectivity index (χ0) is 44.5. The minimum absolute atomic E-state index is 0.610. The summed E-state index contributed by atoms with van der Waals surface area (Å²) in [6, 6.07) is 6.12. The van der Waals surface area contributed by atoms with Gasteiger partial charge in [-0.05, 0) is 190 Å². The molecule has 1 rings (SSSR count). The lowest BCUT2D eigenvalue weighted by Crippen LogP contribution is -2.25. The fraction of sp³-hybridized carbons (Fsp3) is 0.571. The van der Waals surface area contributed by atoms with E-state index in [2.05, 4.69) is 141 Å². The van der Waals surface area contributed by atoms with Crippen LogP contribution in [0, 0.1) is 0 Å². The molecule has 0 fully saturated rings. The average Bonchev–Trinajstić information content (AvgIpc) is 3.19. The van der Waals surface area contributed by atoms with Gasteiger partial charge in [0.2, 0.25) is 0 Å². The molecule has 0 heterocycles. The van der Waals surface area contributed by atoms with E-state index in [1.54, 1.807) is 14.2 Å². The largest absolute Gasteiger partial charge is 0.493 e. The van der Waals surface area contributed by atoms with Gasteiger partial charge in [-0.2, -0.15) is 0 Å². The van der Waals surface area contributed by atoms with E-state index in [0.717, 1.165) is 102 Å². The van der Waals surface area contributed by atoms with Gasteiger partial charge >= 0.3 is 0 Å². The monoisotopic (exact) mass is 842 g/mol. The minimum atomic E-state index is 0.610. The second-order valence-corrected chi connectivity index (χ2v) is 18.0. The second kappa shape index (κ2) is 34.3. The smallest absolute Gasteiger partial charge is 0.161 e. The van der Waals surface area contributed by atoms with E-state index in [-0.39, 0.29) is 0 Å². The van der Waals surface area contributed by atoms with Crippen LogP contribution >= 0.6 is 11.6 Å². The molecule has 0 aromatic heterocycles. The Balaban J connectivity index is 2.31. The van der Waals surface area contributed by atoms with Crippen molar-refractivity contribution in [3.63, 3.8) is 0 Å². The van der Waals surface area contributed by atoms with Gasteiger partial charge in [0.15, 0.2) is 11.5 Å². The third-order valence-electron chi connectivity index (χ3n) is 11.3. The van der Waals surface area contributed by atoms with Crippen molar-refractivity contribution in [3.8, 4) is 11.5 Å². The molecule has 0 aliphatic heterocycles. The molecule has 3 nitrogen and oxygen atoms in total. The van der Waals surface area contributed by atoms with Gasteiger partial charge < -0.3 is 9.47 Å². The highest BCUT2D eigenvalue weighted by molar-refractivity contribution is 6.18. The van der Waals surface area contributed by atoms with Gasteiger partial charge in [-0.3, -0.25) is 4.90 Å². The minimum Gasteiger partial charge on any atom is -0.493 e. The Morgan fingerprint density at radius 1 is 0.450 bits per heavy atom. The number of hydrogen-bond donors (Lipinski definition) is 0. The van der Waals surface area contributed by atoms with Crippen molar-refractivity contribution >= 4 is 11.6 Å². The molecule has 0 spiro atoms. The van der Waals surface area contributed by atoms with Crippen LogP contribution in [-0.2, 0) is 6.54 Å². The molecular formula is C56H88ClNO2. The summed E-state index contributed by atoms with van der Waals surface area (Å²) in [6.07, 6.45) is 40.2. The van der Waals surface area contributed by atoms with Crippen molar-refractivity contribution < 1.29 is 9.47 Å². The van der Waals surface area contributed by atoms with Crippen molar-refractivity contribution in [3.05, 3.63) is 129 Å². The molecule has 336 valence electrons. The number of allylic oxidation sites excluding steroid dienone is 17. The van der Waals surface area contributed by atoms with Crippen LogP contribution in [0.15, 0.2) is 123 Å². The third kappa shape index (κ3) is 29.1. The van der Waals surface area contributed by atoms with Crippen LogP contribution in [0.25, 0.3) is 0 Å². The summed E-state index contributed by atoms with van der Waals surface area (Å²) in [5, 5.41) is 0. The van der Waals surface area contributed by atoms with Gasteiger partial charge in [-0.25, -0.2) is 0 Å². The Hall–Kier alpha value is -3.27. The van der Waals surface area contributed by atoms with E-state index in [0.29, 0.717) is 5.88 Å². The molecule has 0 N–H and O–H groups in total. The average molecular weight is 843 g/mol. The number of nitrogens with zero attached hydrogens (tertiary/aromatic N) is 1. The fourth-order valence-corrected chi connectivity index (χ4v) is 7.34. The molecule has 0 saturated carbocycles. The van der Waals surface area contributed by atoms with Crippen LogP contribution in [0.3, 0.4) is 0 Å². The Labute approximate surface area is 376 Å². The molecule has 1 aromatic rings. The van der Waals surface area contributed by atoms with E-state index < -0.39 is 0 Å². The molecule has 0 atom stereocenters. The Bertz CT molecular complexity index is 1640. The van der Waals surface area contributed by atoms with Crippen LogP contribution in [0.5, 0.6) is 11.5 Å². The van der Waals surface area contributed by atoms with Gasteiger partial charge in [0, 0.05) is 25.5 Å². The number of benzene rings is 1. The van der Waals surface area contributed by atoms with Crippen LogP contribution < -0.4 is 9.47 Å². The first kappa shape index (κ1) is 54.7. The number of methoxy groups -OCH3 is 2. The summed E-state index contributed by atoms with van der Waals surface area (Å²) in [5.41, 5.74) is 14.7. The van der Waals surface area contributed by atoms with Crippen molar-refractivity contribution in [2.24, 2.45) is 0 Å². The lowest BCUT2D eigenvalue weighted by atomic mass is 10.0. The van der Waals surface area contributed by atoms with E-state index in [1.807, 2.05) is 6.07 Å². The summed E-state index contributed by atoms with van der Waals surface area (Å²) in [4.78, 5) is 2.38. The molecule has 0 aliphatic carbocycles. The van der Waals surface area contributed by atoms with Gasteiger partial charge in [0.05, 0.1) is 14.2 Å². The maximum absolute atomic E-state index is 6.15. The molecule has 0 amide bonds. The summed E-state index contributed by atoms with van der Waals surface area (Å²) >= 11 is 6.15. The Morgan fingerprint density at radius 2 is 0.767 bits per heavy atom. The van der Waals surface area contributed by atoms with Crippen molar-refractivity contribution in [2.75, 3.05) is 33.2 Å². The van der Waals surface area contributed by atoms with Crippen molar-refractivity contribution in [1.82, 2.24) is 4.90 Å². The molecule has 0 radical (unpaired) electrons. The highest BCUT2D eigenvalue weighted by Gasteiger charge is 2.09. The predicted molar refractivity (Wildman–Crippen MR) is 269 cm³/mol. The number of rotatable bonds is 32. The number of ether oxygens (including phenoxy) is 2. The van der Waals surface area contributed by atoms with Gasteiger partial charge in [0.1, 0.15) is 0 Å². The molecule has 0 bridgehead atoms. The zero-order valence-corrected chi connectivity index (χ0v) is 41.5. The highest BCUT2D eigenvalue weighted by Crippen LogP contribution is 2.28. The fourth-order valence-electron chi connectivity index (χ4n) is 7.11. The molecule has 1 aromatic carbocycles. The molecule has 4 heteroatoms. The molecule has 0 aliphatic rings. The summed E-state index contributed by atoms with van der Waals surface area (Å²) < 4.78 is 10.9. The van der Waals surface area contributed by atoms with Crippen molar-refractivity contribution in [2.45, 2.75) is 179 Å². The SMILES string of the molecule is COc1ccc(CN(C/C=C(\C)CC/C=C(\C)CC/C=C(\C)CC/C=C(\C)CC/C=C(\C)CC/C=C(\C)CC/C=C(\C)CC/C=C(\C)CCC=C(C)C)CCCl)cc1OC. The van der Waals surface area contributed by atoms with Crippen LogP contribution in [0.2, 0.25) is 0 Å². The van der Waals surface area contributed by atoms with E-state index in [9.17, 15) is 0 Å². The Morgan fingerprint density at radius 3 is 1.07 bits per heavy atom. The zero-order valence-electron chi connectivity index (χ0n) is 40.7. The summed E-state index contributed by atoms with van der Waals surface area (Å²) in [5.74, 6) is 2.13. The number of alkyl halides is 1. The molecule has 60 heavy (non-hydrogen) atoms. The number of hydrogen-bond acceptors (Lipinski definition) is 3. The van der Waals surface area contributed by atoms with Crippen LogP contribution in [0.4, 0.5) is 0 Å². The number of halogens is 1. The van der Waals surface area contributed by atoms with Crippen LogP contribution in [-0.4, -0.2) is 38.1 Å². The van der Waals surface area contributed by atoms with Gasteiger partial charge in [-0.15, -0.1) is 11.6 Å². The first-order chi connectivity index (χ1) is 28.8. The first-order valence-corrected chi connectivity index (χ1v) is 23.7.